The van der Waals surface area contributed by atoms with Gasteiger partial charge in [0.1, 0.15) is 0 Å². The van der Waals surface area contributed by atoms with Crippen LogP contribution >= 0.6 is 0 Å². The molecule has 1 unspecified atom stereocenters. The van der Waals surface area contributed by atoms with E-state index in [2.05, 4.69) is 4.72 Å². The Kier molecular flexibility index (Phi) is 4.79. The zero-order valence-corrected chi connectivity index (χ0v) is 14.4. The van der Waals surface area contributed by atoms with Gasteiger partial charge in [0.15, 0.2) is 9.84 Å². The molecule has 0 amide bonds. The molecule has 1 aromatic rings. The summed E-state index contributed by atoms with van der Waals surface area (Å²) in [5.41, 5.74) is 0.641. The van der Waals surface area contributed by atoms with Crippen LogP contribution < -0.4 is 4.72 Å². The summed E-state index contributed by atoms with van der Waals surface area (Å²) in [6.07, 6.45) is 0.414. The Morgan fingerprint density at radius 2 is 2.00 bits per heavy atom. The third-order valence-corrected chi connectivity index (χ3v) is 7.38. The number of non-ortho nitro benzene ring substituents is 1. The van der Waals surface area contributed by atoms with E-state index in [1.807, 2.05) is 0 Å². The van der Waals surface area contributed by atoms with Crippen LogP contribution in [0, 0.1) is 29.9 Å². The summed E-state index contributed by atoms with van der Waals surface area (Å²) in [6.45, 7) is 3.18. The number of nitrogens with one attached hydrogen (secondary N) is 1. The first-order chi connectivity index (χ1) is 10.5. The summed E-state index contributed by atoms with van der Waals surface area (Å²) in [5, 5.41) is 10.9. The second-order valence-electron chi connectivity index (χ2n) is 5.76. The fourth-order valence-corrected chi connectivity index (χ4v) is 5.84. The van der Waals surface area contributed by atoms with E-state index < -0.39 is 24.8 Å². The smallest absolute Gasteiger partial charge is 0.258 e. The lowest BCUT2D eigenvalue weighted by molar-refractivity contribution is -0.385. The monoisotopic (exact) mass is 362 g/mol. The molecule has 0 spiro atoms. The van der Waals surface area contributed by atoms with E-state index in [1.54, 1.807) is 13.8 Å². The van der Waals surface area contributed by atoms with E-state index in [1.165, 1.54) is 6.07 Å². The number of hydrogen-bond donors (Lipinski definition) is 1. The maximum absolute atomic E-state index is 12.4. The molecule has 0 radical (unpaired) electrons. The van der Waals surface area contributed by atoms with E-state index in [0.717, 1.165) is 6.07 Å². The highest BCUT2D eigenvalue weighted by atomic mass is 32.2. The second kappa shape index (κ2) is 6.17. The van der Waals surface area contributed by atoms with Gasteiger partial charge in [0.05, 0.1) is 21.3 Å². The van der Waals surface area contributed by atoms with Gasteiger partial charge in [0.2, 0.25) is 10.0 Å². The summed E-state index contributed by atoms with van der Waals surface area (Å²) < 4.78 is 50.0. The van der Waals surface area contributed by atoms with Crippen LogP contribution in [0.15, 0.2) is 17.0 Å². The molecule has 0 aromatic heterocycles. The van der Waals surface area contributed by atoms with Gasteiger partial charge >= 0.3 is 0 Å². The largest absolute Gasteiger partial charge is 0.271 e. The molecule has 8 nitrogen and oxygen atoms in total. The maximum Gasteiger partial charge on any atom is 0.271 e. The molecule has 1 aromatic carbocycles. The van der Waals surface area contributed by atoms with Crippen molar-refractivity contribution in [2.24, 2.45) is 5.92 Å². The highest BCUT2D eigenvalue weighted by Crippen LogP contribution is 2.26. The third kappa shape index (κ3) is 4.06. The molecule has 1 atom stereocenters. The minimum atomic E-state index is -3.94. The topological polar surface area (TPSA) is 123 Å². The van der Waals surface area contributed by atoms with Gasteiger partial charge in [0, 0.05) is 18.7 Å². The number of sulfone groups is 1. The fraction of sp³-hybridized carbons (Fsp3) is 0.538. The normalized spacial score (nSPS) is 20.5. The Hall–Kier alpha value is -1.52. The third-order valence-electron chi connectivity index (χ3n) is 3.99. The number of hydrogen-bond acceptors (Lipinski definition) is 6. The van der Waals surface area contributed by atoms with Crippen LogP contribution in [-0.4, -0.2) is 39.8 Å². The summed E-state index contributed by atoms with van der Waals surface area (Å²) in [4.78, 5) is 10.1. The highest BCUT2D eigenvalue weighted by molar-refractivity contribution is 7.91. The minimum Gasteiger partial charge on any atom is -0.258 e. The quantitative estimate of drug-likeness (QED) is 0.614. The molecule has 1 saturated heterocycles. The van der Waals surface area contributed by atoms with Crippen LogP contribution in [0.5, 0.6) is 0 Å². The van der Waals surface area contributed by atoms with Crippen molar-refractivity contribution in [1.82, 2.24) is 4.72 Å². The summed E-state index contributed by atoms with van der Waals surface area (Å²) >= 11 is 0. The predicted octanol–water partition coefficient (Wildman–Crippen LogP) is 0.925. The number of nitro groups is 1. The maximum atomic E-state index is 12.4. The average Bonchev–Trinajstić information content (AvgIpc) is 2.78. The van der Waals surface area contributed by atoms with Gasteiger partial charge in [0.25, 0.3) is 5.69 Å². The lowest BCUT2D eigenvalue weighted by Gasteiger charge is -2.13. The van der Waals surface area contributed by atoms with E-state index >= 15 is 0 Å². The first kappa shape index (κ1) is 17.8. The molecule has 1 aliphatic heterocycles. The number of aryl methyl sites for hydroxylation is 1. The highest BCUT2D eigenvalue weighted by Gasteiger charge is 2.30. The Morgan fingerprint density at radius 1 is 1.35 bits per heavy atom. The number of nitro benzene ring substituents is 1. The van der Waals surface area contributed by atoms with Gasteiger partial charge in [-0.1, -0.05) is 0 Å². The van der Waals surface area contributed by atoms with Crippen molar-refractivity contribution in [3.05, 3.63) is 33.4 Å². The molecule has 1 fully saturated rings. The zero-order chi connectivity index (χ0) is 17.4. The molecule has 23 heavy (non-hydrogen) atoms. The molecule has 0 bridgehead atoms. The van der Waals surface area contributed by atoms with Crippen molar-refractivity contribution in [2.75, 3.05) is 18.1 Å². The zero-order valence-electron chi connectivity index (χ0n) is 12.8. The van der Waals surface area contributed by atoms with Crippen LogP contribution in [0.2, 0.25) is 0 Å². The number of rotatable bonds is 5. The van der Waals surface area contributed by atoms with Crippen molar-refractivity contribution >= 4 is 25.5 Å². The van der Waals surface area contributed by atoms with Gasteiger partial charge in [-0.3, -0.25) is 10.1 Å². The van der Waals surface area contributed by atoms with Crippen molar-refractivity contribution < 1.29 is 21.8 Å². The molecule has 0 saturated carbocycles. The van der Waals surface area contributed by atoms with Crippen molar-refractivity contribution in [3.63, 3.8) is 0 Å². The number of nitrogens with zero attached hydrogens (tertiary/aromatic N) is 1. The Labute approximate surface area is 135 Å². The SMILES string of the molecule is Cc1cc([N+](=O)[O-])cc(S(=O)(=O)NCC2CCS(=O)(=O)C2)c1C. The molecular weight excluding hydrogens is 344 g/mol. The van der Waals surface area contributed by atoms with E-state index in [9.17, 15) is 26.9 Å². The Bertz CT molecular complexity index is 845. The van der Waals surface area contributed by atoms with Gasteiger partial charge in [-0.25, -0.2) is 21.6 Å². The average molecular weight is 362 g/mol. The van der Waals surface area contributed by atoms with Crippen molar-refractivity contribution in [2.45, 2.75) is 25.2 Å². The number of benzene rings is 1. The summed E-state index contributed by atoms with van der Waals surface area (Å²) in [5.74, 6) is -0.244. The van der Waals surface area contributed by atoms with E-state index in [4.69, 9.17) is 0 Å². The Balaban J connectivity index is 2.24. The van der Waals surface area contributed by atoms with Crippen LogP contribution in [0.4, 0.5) is 5.69 Å². The molecular formula is C13H18N2O6S2. The molecule has 1 heterocycles. The lowest BCUT2D eigenvalue weighted by atomic mass is 10.1. The molecule has 0 aliphatic carbocycles. The van der Waals surface area contributed by atoms with Crippen LogP contribution in [0.25, 0.3) is 0 Å². The summed E-state index contributed by atoms with van der Waals surface area (Å²) in [6, 6.07) is 2.34. The molecule has 1 aliphatic rings. The molecule has 10 heteroatoms. The van der Waals surface area contributed by atoms with Crippen LogP contribution in [0.1, 0.15) is 17.5 Å². The minimum absolute atomic E-state index is 0.00272. The number of sulfonamides is 1. The van der Waals surface area contributed by atoms with Crippen molar-refractivity contribution in [3.8, 4) is 0 Å². The molecule has 128 valence electrons. The van der Waals surface area contributed by atoms with Gasteiger partial charge in [-0.05, 0) is 37.3 Å². The fourth-order valence-electron chi connectivity index (χ4n) is 2.53. The van der Waals surface area contributed by atoms with Gasteiger partial charge in [-0.2, -0.15) is 0 Å². The first-order valence-electron chi connectivity index (χ1n) is 6.97. The van der Waals surface area contributed by atoms with Crippen molar-refractivity contribution in [1.29, 1.82) is 0 Å². The Morgan fingerprint density at radius 3 is 2.52 bits per heavy atom. The van der Waals surface area contributed by atoms with Gasteiger partial charge < -0.3 is 0 Å². The first-order valence-corrected chi connectivity index (χ1v) is 10.3. The summed E-state index contributed by atoms with van der Waals surface area (Å²) in [7, 11) is -7.03. The van der Waals surface area contributed by atoms with Crippen LogP contribution in [0.3, 0.4) is 0 Å². The van der Waals surface area contributed by atoms with E-state index in [-0.39, 0.29) is 34.6 Å². The second-order valence-corrected chi connectivity index (χ2v) is 9.73. The predicted molar refractivity (Wildman–Crippen MR) is 84.5 cm³/mol. The molecule has 2 rings (SSSR count). The van der Waals surface area contributed by atoms with Crippen LogP contribution in [-0.2, 0) is 19.9 Å². The van der Waals surface area contributed by atoms with Gasteiger partial charge in [-0.15, -0.1) is 0 Å². The standard InChI is InChI=1S/C13H18N2O6S2/c1-9-5-12(15(16)17)6-13(10(9)2)23(20,21)14-7-11-3-4-22(18,19)8-11/h5-6,11,14H,3-4,7-8H2,1-2H3. The molecule has 1 N–H and O–H groups in total. The lowest BCUT2D eigenvalue weighted by Crippen LogP contribution is -2.30. The van der Waals surface area contributed by atoms with E-state index in [0.29, 0.717) is 17.5 Å².